The van der Waals surface area contributed by atoms with E-state index in [1.165, 1.54) is 5.70 Å². The maximum atomic E-state index is 12.3. The number of aryl methyl sites for hydroxylation is 1. The summed E-state index contributed by atoms with van der Waals surface area (Å²) in [6, 6.07) is 8.08. The van der Waals surface area contributed by atoms with E-state index in [2.05, 4.69) is 44.3 Å². The zero-order valence-electron chi connectivity index (χ0n) is 18.4. The molecule has 0 atom stereocenters. The Balaban J connectivity index is 1.30. The van der Waals surface area contributed by atoms with E-state index >= 15 is 0 Å². The van der Waals surface area contributed by atoms with Crippen LogP contribution < -0.4 is 0 Å². The highest BCUT2D eigenvalue weighted by Crippen LogP contribution is 2.24. The van der Waals surface area contributed by atoms with Gasteiger partial charge >= 0.3 is 5.97 Å². The van der Waals surface area contributed by atoms with Gasteiger partial charge in [-0.05, 0) is 57.7 Å². The zero-order valence-corrected chi connectivity index (χ0v) is 18.4. The molecule has 2 aromatic rings. The van der Waals surface area contributed by atoms with E-state index in [9.17, 15) is 4.79 Å². The molecule has 4 rings (SSSR count). The number of para-hydroxylation sites is 1. The van der Waals surface area contributed by atoms with Gasteiger partial charge in [0.05, 0.1) is 12.2 Å². The molecule has 6 heteroatoms. The number of piperazine rings is 1. The molecule has 0 unspecified atom stereocenters. The molecule has 1 aliphatic carbocycles. The van der Waals surface area contributed by atoms with Crippen molar-refractivity contribution < 1.29 is 9.53 Å². The number of carbonyl (C=O) groups is 1. The summed E-state index contributed by atoms with van der Waals surface area (Å²) >= 11 is 0. The van der Waals surface area contributed by atoms with Crippen LogP contribution in [0.25, 0.3) is 10.9 Å². The Kier molecular flexibility index (Phi) is 6.87. The Labute approximate surface area is 184 Å². The van der Waals surface area contributed by atoms with Gasteiger partial charge in [0.25, 0.3) is 0 Å². The third-order valence-corrected chi connectivity index (χ3v) is 6.24. The summed E-state index contributed by atoms with van der Waals surface area (Å²) in [6.07, 6.45) is 9.38. The molecule has 0 bridgehead atoms. The highest BCUT2D eigenvalue weighted by Gasteiger charge is 2.20. The van der Waals surface area contributed by atoms with Crippen molar-refractivity contribution in [3.05, 3.63) is 59.6 Å². The number of nitrogens with zero attached hydrogens (tertiary/aromatic N) is 4. The summed E-state index contributed by atoms with van der Waals surface area (Å²) in [4.78, 5) is 21.4. The molecule has 0 saturated carbocycles. The number of aliphatic imine (C=N–C) groups is 1. The summed E-state index contributed by atoms with van der Waals surface area (Å²) < 4.78 is 7.44. The van der Waals surface area contributed by atoms with Gasteiger partial charge in [-0.3, -0.25) is 9.89 Å². The van der Waals surface area contributed by atoms with Crippen molar-refractivity contribution in [3.8, 4) is 0 Å². The molecule has 0 radical (unpaired) electrons. The lowest BCUT2D eigenvalue weighted by atomic mass is 10.1. The third-order valence-electron chi connectivity index (χ3n) is 6.24. The Bertz CT molecular complexity index is 996. The van der Waals surface area contributed by atoms with E-state index in [1.54, 1.807) is 0 Å². The molecule has 0 N–H and O–H groups in total. The average molecular weight is 421 g/mol. The van der Waals surface area contributed by atoms with Crippen LogP contribution in [0.4, 0.5) is 0 Å². The van der Waals surface area contributed by atoms with Crippen LogP contribution in [0.2, 0.25) is 0 Å². The SMILES string of the molecule is C=NC1=CC=C(N2CCN(CCCn3cc(C(=O)OCC)c4ccccc43)CC2)CC1. The largest absolute Gasteiger partial charge is 0.462 e. The van der Waals surface area contributed by atoms with Crippen LogP contribution in [-0.2, 0) is 11.3 Å². The number of rotatable bonds is 8. The zero-order chi connectivity index (χ0) is 21.6. The molecule has 1 aromatic carbocycles. The number of hydrogen-bond acceptors (Lipinski definition) is 5. The van der Waals surface area contributed by atoms with Gasteiger partial charge in [-0.25, -0.2) is 4.79 Å². The van der Waals surface area contributed by atoms with E-state index < -0.39 is 0 Å². The summed E-state index contributed by atoms with van der Waals surface area (Å²) in [5.74, 6) is -0.239. The van der Waals surface area contributed by atoms with Crippen molar-refractivity contribution in [2.24, 2.45) is 4.99 Å². The number of esters is 1. The van der Waals surface area contributed by atoms with Gasteiger partial charge in [-0.1, -0.05) is 18.2 Å². The fourth-order valence-electron chi connectivity index (χ4n) is 4.54. The van der Waals surface area contributed by atoms with Crippen LogP contribution in [0.3, 0.4) is 0 Å². The monoisotopic (exact) mass is 420 g/mol. The Morgan fingerprint density at radius 3 is 2.61 bits per heavy atom. The van der Waals surface area contributed by atoms with Crippen LogP contribution in [0.5, 0.6) is 0 Å². The van der Waals surface area contributed by atoms with E-state index in [1.807, 2.05) is 31.3 Å². The Hall–Kier alpha value is -2.86. The lowest BCUT2D eigenvalue weighted by molar-refractivity contribution is 0.0528. The second-order valence-electron chi connectivity index (χ2n) is 8.13. The second kappa shape index (κ2) is 9.96. The lowest BCUT2D eigenvalue weighted by Crippen LogP contribution is -2.46. The van der Waals surface area contributed by atoms with Crippen LogP contribution in [0, 0.1) is 0 Å². The van der Waals surface area contributed by atoms with Crippen molar-refractivity contribution in [2.75, 3.05) is 39.3 Å². The van der Waals surface area contributed by atoms with Gasteiger partial charge in [0.15, 0.2) is 0 Å². The molecular formula is C25H32N4O2. The molecule has 164 valence electrons. The van der Waals surface area contributed by atoms with Crippen LogP contribution >= 0.6 is 0 Å². The first kappa shape index (κ1) is 21.4. The summed E-state index contributed by atoms with van der Waals surface area (Å²) in [7, 11) is 0. The Morgan fingerprint density at radius 1 is 1.10 bits per heavy atom. The predicted molar refractivity (Wildman–Crippen MR) is 125 cm³/mol. The van der Waals surface area contributed by atoms with E-state index in [4.69, 9.17) is 4.74 Å². The first-order chi connectivity index (χ1) is 15.2. The maximum Gasteiger partial charge on any atom is 0.340 e. The van der Waals surface area contributed by atoms with Crippen LogP contribution in [0.15, 0.2) is 59.0 Å². The molecule has 6 nitrogen and oxygen atoms in total. The third kappa shape index (κ3) is 4.90. The first-order valence-corrected chi connectivity index (χ1v) is 11.3. The van der Waals surface area contributed by atoms with Crippen molar-refractivity contribution in [2.45, 2.75) is 32.7 Å². The Morgan fingerprint density at radius 2 is 1.90 bits per heavy atom. The minimum absolute atomic E-state index is 0.239. The maximum absolute atomic E-state index is 12.3. The number of aromatic nitrogens is 1. The number of ether oxygens (including phenoxy) is 1. The van der Waals surface area contributed by atoms with E-state index in [0.717, 1.165) is 75.1 Å². The van der Waals surface area contributed by atoms with E-state index in [-0.39, 0.29) is 5.97 Å². The standard InChI is InChI=1S/C25H32N4O2/c1-3-31-25(30)23-19-29(24-8-5-4-7-22(23)24)14-6-13-27-15-17-28(18-16-27)21-11-9-20(26-2)10-12-21/h4-5,7-9,11,19H,2-3,6,10,12-18H2,1H3. The molecule has 2 heterocycles. The van der Waals surface area contributed by atoms with Crippen LogP contribution in [0.1, 0.15) is 36.5 Å². The van der Waals surface area contributed by atoms with Crippen molar-refractivity contribution in [1.82, 2.24) is 14.4 Å². The fourth-order valence-corrected chi connectivity index (χ4v) is 4.54. The quantitative estimate of drug-likeness (QED) is 0.477. The number of hydrogen-bond donors (Lipinski definition) is 0. The molecule has 2 aliphatic rings. The molecular weight excluding hydrogens is 388 g/mol. The highest BCUT2D eigenvalue weighted by molar-refractivity contribution is 6.04. The van der Waals surface area contributed by atoms with Gasteiger partial charge in [-0.2, -0.15) is 0 Å². The number of benzene rings is 1. The summed E-state index contributed by atoms with van der Waals surface area (Å²) in [5.41, 5.74) is 4.28. The normalized spacial score (nSPS) is 17.4. The molecule has 1 fully saturated rings. The molecule has 1 saturated heterocycles. The fraction of sp³-hybridized carbons (Fsp3) is 0.440. The summed E-state index contributed by atoms with van der Waals surface area (Å²) in [5, 5.41) is 0.971. The smallest absolute Gasteiger partial charge is 0.340 e. The molecule has 1 aliphatic heterocycles. The second-order valence-corrected chi connectivity index (χ2v) is 8.13. The average Bonchev–Trinajstić information content (AvgIpc) is 3.19. The first-order valence-electron chi connectivity index (χ1n) is 11.3. The minimum atomic E-state index is -0.239. The topological polar surface area (TPSA) is 50.1 Å². The molecule has 31 heavy (non-hydrogen) atoms. The van der Waals surface area contributed by atoms with Gasteiger partial charge in [0.1, 0.15) is 0 Å². The van der Waals surface area contributed by atoms with Gasteiger partial charge in [0, 0.05) is 61.2 Å². The van der Waals surface area contributed by atoms with E-state index in [0.29, 0.717) is 12.2 Å². The van der Waals surface area contributed by atoms with Crippen molar-refractivity contribution in [3.63, 3.8) is 0 Å². The minimum Gasteiger partial charge on any atom is -0.462 e. The highest BCUT2D eigenvalue weighted by atomic mass is 16.5. The molecule has 1 aromatic heterocycles. The number of fused-ring (bicyclic) bond motifs is 1. The van der Waals surface area contributed by atoms with Crippen LogP contribution in [-0.4, -0.2) is 66.4 Å². The lowest BCUT2D eigenvalue weighted by Gasteiger charge is -2.38. The number of carbonyl (C=O) groups excluding carboxylic acids is 1. The van der Waals surface area contributed by atoms with Gasteiger partial charge in [-0.15, -0.1) is 0 Å². The van der Waals surface area contributed by atoms with Gasteiger partial charge < -0.3 is 14.2 Å². The van der Waals surface area contributed by atoms with Crippen molar-refractivity contribution in [1.29, 1.82) is 0 Å². The van der Waals surface area contributed by atoms with Gasteiger partial charge in [0.2, 0.25) is 0 Å². The molecule has 0 spiro atoms. The number of allylic oxidation sites excluding steroid dienone is 4. The molecule has 0 amide bonds. The van der Waals surface area contributed by atoms with Crippen molar-refractivity contribution >= 4 is 23.6 Å². The predicted octanol–water partition coefficient (Wildman–Crippen LogP) is 4.09. The summed E-state index contributed by atoms with van der Waals surface area (Å²) in [6.45, 7) is 12.2.